The Morgan fingerprint density at radius 2 is 1.77 bits per heavy atom. The molecule has 0 aliphatic carbocycles. The summed E-state index contributed by atoms with van der Waals surface area (Å²) in [6.07, 6.45) is 0. The third kappa shape index (κ3) is 2.42. The summed E-state index contributed by atoms with van der Waals surface area (Å²) in [7, 11) is 0. The summed E-state index contributed by atoms with van der Waals surface area (Å²) in [6, 6.07) is 3.48. The molecule has 4 heteroatoms. The minimum Gasteiger partial charge on any atom is -0.290 e. The van der Waals surface area contributed by atoms with Gasteiger partial charge in [-0.15, -0.1) is 0 Å². The number of aliphatic imine (C=N–C) groups is 1. The first-order chi connectivity index (χ1) is 5.95. The molecule has 0 atom stereocenters. The predicted molar refractivity (Wildman–Crippen MR) is 56.8 cm³/mol. The van der Waals surface area contributed by atoms with Crippen LogP contribution in [0, 0.1) is 0 Å². The summed E-state index contributed by atoms with van der Waals surface area (Å²) in [6.45, 7) is 7.38. The highest BCUT2D eigenvalue weighted by atomic mass is 35.5. The van der Waals surface area contributed by atoms with Crippen LogP contribution in [-0.2, 0) is 5.54 Å². The number of pyridine rings is 1. The summed E-state index contributed by atoms with van der Waals surface area (Å²) >= 11 is 11.5. The Hall–Kier alpha value is -0.600. The molecule has 0 unspecified atom stereocenters. The van der Waals surface area contributed by atoms with Crippen LogP contribution in [0.3, 0.4) is 0 Å². The van der Waals surface area contributed by atoms with Crippen LogP contribution < -0.4 is 0 Å². The number of nitrogens with zero attached hydrogens (tertiary/aromatic N) is 2. The Labute approximate surface area is 87.6 Å². The first kappa shape index (κ1) is 10.5. The molecule has 2 nitrogen and oxygen atoms in total. The summed E-state index contributed by atoms with van der Waals surface area (Å²) < 4.78 is 0. The fourth-order valence-corrected chi connectivity index (χ4v) is 1.37. The standard InChI is InChI=1S/C9H10Cl2N2/c1-9(2,12-3)6-4-7(10)13-8(11)5-6/h4-5H,3H2,1-2H3. The molecule has 1 heterocycles. The SMILES string of the molecule is C=NC(C)(C)c1cc(Cl)nc(Cl)c1. The van der Waals surface area contributed by atoms with Crippen molar-refractivity contribution in [3.8, 4) is 0 Å². The van der Waals surface area contributed by atoms with E-state index in [1.807, 2.05) is 13.8 Å². The molecular weight excluding hydrogens is 207 g/mol. The molecule has 0 spiro atoms. The lowest BCUT2D eigenvalue weighted by Crippen LogP contribution is -2.13. The van der Waals surface area contributed by atoms with E-state index in [1.54, 1.807) is 12.1 Å². The van der Waals surface area contributed by atoms with Gasteiger partial charge in [-0.2, -0.15) is 0 Å². The monoisotopic (exact) mass is 216 g/mol. The van der Waals surface area contributed by atoms with Gasteiger partial charge in [0.1, 0.15) is 10.3 Å². The average molecular weight is 217 g/mol. The Kier molecular flexibility index (Phi) is 2.94. The second-order valence-corrected chi connectivity index (χ2v) is 3.99. The second kappa shape index (κ2) is 3.64. The van der Waals surface area contributed by atoms with Crippen molar-refractivity contribution in [2.24, 2.45) is 4.99 Å². The Bertz CT molecular complexity index is 314. The highest BCUT2D eigenvalue weighted by Crippen LogP contribution is 2.27. The van der Waals surface area contributed by atoms with Crippen LogP contribution in [0.1, 0.15) is 19.4 Å². The van der Waals surface area contributed by atoms with Gasteiger partial charge >= 0.3 is 0 Å². The van der Waals surface area contributed by atoms with Gasteiger partial charge in [0.25, 0.3) is 0 Å². The molecule has 0 N–H and O–H groups in total. The maximum atomic E-state index is 5.76. The topological polar surface area (TPSA) is 25.2 Å². The van der Waals surface area contributed by atoms with Gasteiger partial charge in [-0.3, -0.25) is 4.99 Å². The number of halogens is 2. The maximum absolute atomic E-state index is 5.76. The van der Waals surface area contributed by atoms with Crippen molar-refractivity contribution in [2.45, 2.75) is 19.4 Å². The van der Waals surface area contributed by atoms with Gasteiger partial charge in [-0.25, -0.2) is 4.98 Å². The van der Waals surface area contributed by atoms with Crippen LogP contribution >= 0.6 is 23.2 Å². The second-order valence-electron chi connectivity index (χ2n) is 3.22. The summed E-state index contributed by atoms with van der Waals surface area (Å²) in [5.74, 6) is 0. The zero-order valence-electron chi connectivity index (χ0n) is 7.51. The van der Waals surface area contributed by atoms with Crippen molar-refractivity contribution in [1.29, 1.82) is 0 Å². The zero-order valence-corrected chi connectivity index (χ0v) is 9.02. The van der Waals surface area contributed by atoms with E-state index in [9.17, 15) is 0 Å². The first-order valence-electron chi connectivity index (χ1n) is 3.77. The van der Waals surface area contributed by atoms with Crippen LogP contribution in [-0.4, -0.2) is 11.7 Å². The van der Waals surface area contributed by atoms with Crippen LogP contribution in [0.15, 0.2) is 17.1 Å². The minimum absolute atomic E-state index is 0.374. The third-order valence-corrected chi connectivity index (χ3v) is 2.25. The smallest absolute Gasteiger partial charge is 0.131 e. The Balaban J connectivity index is 3.22. The van der Waals surface area contributed by atoms with Gasteiger partial charge in [-0.05, 0) is 38.3 Å². The van der Waals surface area contributed by atoms with Crippen molar-refractivity contribution in [1.82, 2.24) is 4.98 Å². The summed E-state index contributed by atoms with van der Waals surface area (Å²) in [4.78, 5) is 7.83. The predicted octanol–water partition coefficient (Wildman–Crippen LogP) is 3.32. The molecule has 13 heavy (non-hydrogen) atoms. The molecule has 1 rings (SSSR count). The lowest BCUT2D eigenvalue weighted by molar-refractivity contribution is 0.562. The lowest BCUT2D eigenvalue weighted by Gasteiger charge is -2.19. The van der Waals surface area contributed by atoms with Crippen LogP contribution in [0.2, 0.25) is 10.3 Å². The van der Waals surface area contributed by atoms with Crippen molar-refractivity contribution in [3.05, 3.63) is 28.0 Å². The molecule has 0 amide bonds. The largest absolute Gasteiger partial charge is 0.290 e. The molecular formula is C9H10Cl2N2. The molecule has 0 saturated heterocycles. The number of aromatic nitrogens is 1. The Morgan fingerprint density at radius 3 is 2.15 bits per heavy atom. The molecule has 70 valence electrons. The fourth-order valence-electron chi connectivity index (χ4n) is 0.909. The third-order valence-electron chi connectivity index (χ3n) is 1.86. The van der Waals surface area contributed by atoms with E-state index in [1.165, 1.54) is 0 Å². The van der Waals surface area contributed by atoms with Crippen molar-refractivity contribution in [3.63, 3.8) is 0 Å². The van der Waals surface area contributed by atoms with Crippen LogP contribution in [0.5, 0.6) is 0 Å². The van der Waals surface area contributed by atoms with E-state index in [0.29, 0.717) is 10.3 Å². The van der Waals surface area contributed by atoms with Gasteiger partial charge in [0.2, 0.25) is 0 Å². The van der Waals surface area contributed by atoms with Crippen LogP contribution in [0.4, 0.5) is 0 Å². The van der Waals surface area contributed by atoms with Gasteiger partial charge < -0.3 is 0 Å². The highest BCUT2D eigenvalue weighted by molar-refractivity contribution is 6.32. The summed E-state index contributed by atoms with van der Waals surface area (Å²) in [5.41, 5.74) is 0.531. The zero-order chi connectivity index (χ0) is 10.1. The van der Waals surface area contributed by atoms with Crippen molar-refractivity contribution >= 4 is 29.9 Å². The number of hydrogen-bond acceptors (Lipinski definition) is 2. The molecule has 0 fully saturated rings. The molecule has 0 aliphatic heterocycles. The molecule has 0 radical (unpaired) electrons. The minimum atomic E-state index is -0.379. The fraction of sp³-hybridized carbons (Fsp3) is 0.333. The molecule has 1 aromatic heterocycles. The summed E-state index contributed by atoms with van der Waals surface area (Å²) in [5, 5.41) is 0.749. The molecule has 0 aliphatic rings. The molecule has 1 aromatic rings. The lowest BCUT2D eigenvalue weighted by atomic mass is 9.97. The Morgan fingerprint density at radius 1 is 1.31 bits per heavy atom. The van der Waals surface area contributed by atoms with E-state index in [0.717, 1.165) is 5.56 Å². The van der Waals surface area contributed by atoms with Gasteiger partial charge in [0, 0.05) is 0 Å². The van der Waals surface area contributed by atoms with E-state index in [-0.39, 0.29) is 5.54 Å². The average Bonchev–Trinajstić information content (AvgIpc) is 2.02. The molecule has 0 aromatic carbocycles. The normalized spacial score (nSPS) is 11.4. The van der Waals surface area contributed by atoms with E-state index in [4.69, 9.17) is 23.2 Å². The van der Waals surface area contributed by atoms with Gasteiger partial charge in [0.15, 0.2) is 0 Å². The molecule has 0 bridgehead atoms. The van der Waals surface area contributed by atoms with E-state index in [2.05, 4.69) is 16.7 Å². The van der Waals surface area contributed by atoms with Crippen molar-refractivity contribution in [2.75, 3.05) is 0 Å². The van der Waals surface area contributed by atoms with Crippen molar-refractivity contribution < 1.29 is 0 Å². The number of hydrogen-bond donors (Lipinski definition) is 0. The maximum Gasteiger partial charge on any atom is 0.131 e. The van der Waals surface area contributed by atoms with E-state index >= 15 is 0 Å². The van der Waals surface area contributed by atoms with Crippen LogP contribution in [0.25, 0.3) is 0 Å². The van der Waals surface area contributed by atoms with E-state index < -0.39 is 0 Å². The quantitative estimate of drug-likeness (QED) is 0.551. The highest BCUT2D eigenvalue weighted by Gasteiger charge is 2.18. The molecule has 0 saturated carbocycles. The van der Waals surface area contributed by atoms with Gasteiger partial charge in [0.05, 0.1) is 5.54 Å². The first-order valence-corrected chi connectivity index (χ1v) is 4.53. The number of rotatable bonds is 2. The van der Waals surface area contributed by atoms with Gasteiger partial charge in [-0.1, -0.05) is 23.2 Å².